The first-order chi connectivity index (χ1) is 24.4. The lowest BCUT2D eigenvalue weighted by molar-refractivity contribution is -0.257. The highest BCUT2D eigenvalue weighted by Gasteiger charge is 2.35. The van der Waals surface area contributed by atoms with Crippen molar-refractivity contribution < 1.29 is 33.0 Å². The number of nitrogens with zero attached hydrogens (tertiary/aromatic N) is 4. The molecule has 288 valence electrons. The standard InChI is InChI=1S/C37H67N4O7PS/c1-5-8-10-12-14-15-16-18-20-22-27-50-33(23-21-19-17-13-11-9-6-2)31(4)47-48-49(43,44-26-7-3)45-28-32-24-25-34(46-32)41-30-40-35-36(41)38-29-39-37(35)42/h29-34H,5-28H2,1-4H3,(H,38,39,42)/t31?,32-,33?,34+,49?/m0/s1. The summed E-state index contributed by atoms with van der Waals surface area (Å²) in [6.45, 7) is 8.72. The number of aromatic nitrogens is 4. The first-order valence-electron chi connectivity index (χ1n) is 19.8. The average Bonchev–Trinajstić information content (AvgIpc) is 3.78. The van der Waals surface area contributed by atoms with Crippen LogP contribution in [0.15, 0.2) is 12.7 Å². The zero-order valence-electron chi connectivity index (χ0n) is 31.5. The fraction of sp³-hybridized carbons (Fsp3) is 0.865. The van der Waals surface area contributed by atoms with E-state index in [0.29, 0.717) is 30.4 Å². The summed E-state index contributed by atoms with van der Waals surface area (Å²) in [5.41, 5.74) is 0.809. The number of imidazole rings is 1. The summed E-state index contributed by atoms with van der Waals surface area (Å²) in [4.78, 5) is 18.1. The Hall–Kier alpha value is -1.27. The van der Waals surface area contributed by atoms with Gasteiger partial charge < -0.3 is 9.84 Å². The highest BCUT2D eigenvalue weighted by atomic mass is 32.2. The largest absolute Gasteiger partial charge is 0.502 e. The summed E-state index contributed by atoms with van der Waals surface area (Å²) < 4.78 is 38.6. The molecule has 3 unspecified atom stereocenters. The van der Waals surface area contributed by atoms with Gasteiger partial charge in [-0.05, 0) is 44.8 Å². The average molecular weight is 743 g/mol. The molecule has 3 heterocycles. The molecule has 0 radical (unpaired) electrons. The molecule has 13 heteroatoms. The summed E-state index contributed by atoms with van der Waals surface area (Å²) in [5.74, 6) is 0.915. The molecule has 50 heavy (non-hydrogen) atoms. The van der Waals surface area contributed by atoms with Crippen molar-refractivity contribution in [2.75, 3.05) is 19.0 Å². The highest BCUT2D eigenvalue weighted by Crippen LogP contribution is 2.51. The van der Waals surface area contributed by atoms with Crippen LogP contribution in [0.3, 0.4) is 0 Å². The number of hydrogen-bond donors (Lipinski definition) is 1. The molecule has 11 nitrogen and oxygen atoms in total. The van der Waals surface area contributed by atoms with Crippen molar-refractivity contribution >= 4 is 30.7 Å². The molecule has 0 amide bonds. The topological polar surface area (TPSA) is 127 Å². The van der Waals surface area contributed by atoms with Crippen LogP contribution >= 0.6 is 19.6 Å². The van der Waals surface area contributed by atoms with Crippen molar-refractivity contribution in [3.05, 3.63) is 12.7 Å². The third-order valence-electron chi connectivity index (χ3n) is 9.34. The predicted molar refractivity (Wildman–Crippen MR) is 202 cm³/mol. The smallest absolute Gasteiger partial charge is 0.492 e. The monoisotopic (exact) mass is 742 g/mol. The van der Waals surface area contributed by atoms with Crippen molar-refractivity contribution in [3.63, 3.8) is 0 Å². The zero-order valence-corrected chi connectivity index (χ0v) is 33.2. The molecule has 0 aromatic carbocycles. The van der Waals surface area contributed by atoms with Crippen LogP contribution in [0.25, 0.3) is 11.2 Å². The number of phosphoric acid groups is 1. The van der Waals surface area contributed by atoms with E-state index in [1.807, 2.05) is 25.6 Å². The van der Waals surface area contributed by atoms with E-state index in [1.54, 1.807) is 10.9 Å². The summed E-state index contributed by atoms with van der Waals surface area (Å²) in [6, 6.07) is 0. The lowest BCUT2D eigenvalue weighted by atomic mass is 10.1. The molecule has 0 spiro atoms. The van der Waals surface area contributed by atoms with Gasteiger partial charge in [0, 0.05) is 5.25 Å². The Morgan fingerprint density at radius 2 is 1.50 bits per heavy atom. The third-order valence-corrected chi connectivity index (χ3v) is 12.1. The molecule has 5 atom stereocenters. The van der Waals surface area contributed by atoms with Crippen LogP contribution in [-0.4, -0.2) is 61.1 Å². The van der Waals surface area contributed by atoms with Crippen molar-refractivity contribution in [3.8, 4) is 5.88 Å². The van der Waals surface area contributed by atoms with E-state index >= 15 is 0 Å². The highest BCUT2D eigenvalue weighted by molar-refractivity contribution is 7.99. The minimum absolute atomic E-state index is 0.0248. The van der Waals surface area contributed by atoms with Crippen LogP contribution in [0.1, 0.15) is 169 Å². The Morgan fingerprint density at radius 1 is 0.860 bits per heavy atom. The van der Waals surface area contributed by atoms with E-state index in [1.165, 1.54) is 109 Å². The normalized spacial score (nSPS) is 18.9. The summed E-state index contributed by atoms with van der Waals surface area (Å²) in [7, 11) is -4.00. The number of hydrogen-bond acceptors (Lipinski definition) is 11. The van der Waals surface area contributed by atoms with E-state index in [-0.39, 0.29) is 42.8 Å². The van der Waals surface area contributed by atoms with E-state index in [9.17, 15) is 9.67 Å². The Morgan fingerprint density at radius 3 is 2.16 bits per heavy atom. The van der Waals surface area contributed by atoms with Crippen LogP contribution in [0.4, 0.5) is 0 Å². The van der Waals surface area contributed by atoms with Crippen LogP contribution in [0.5, 0.6) is 5.88 Å². The van der Waals surface area contributed by atoms with Crippen molar-refractivity contribution in [1.82, 2.24) is 19.5 Å². The Kier molecular flexibility index (Phi) is 22.1. The quantitative estimate of drug-likeness (QED) is 0.0343. The van der Waals surface area contributed by atoms with Gasteiger partial charge >= 0.3 is 7.82 Å². The van der Waals surface area contributed by atoms with Crippen molar-refractivity contribution in [2.24, 2.45) is 0 Å². The number of unbranched alkanes of at least 4 members (excludes halogenated alkanes) is 15. The summed E-state index contributed by atoms with van der Waals surface area (Å²) in [6.07, 6.45) is 27.1. The number of thioether (sulfide) groups is 1. The minimum Gasteiger partial charge on any atom is -0.492 e. The molecule has 1 aliphatic rings. The Labute approximate surface area is 306 Å². The first-order valence-corrected chi connectivity index (χ1v) is 22.3. The lowest BCUT2D eigenvalue weighted by Crippen LogP contribution is -2.24. The Bertz CT molecular complexity index is 1210. The van der Waals surface area contributed by atoms with Crippen LogP contribution in [0, 0.1) is 0 Å². The second-order valence-electron chi connectivity index (χ2n) is 13.8. The molecular formula is C37H67N4O7PS. The molecule has 0 bridgehead atoms. The zero-order chi connectivity index (χ0) is 35.9. The van der Waals surface area contributed by atoms with Crippen LogP contribution in [-0.2, 0) is 27.9 Å². The SMILES string of the molecule is CCCCCCCCCCCCSC(CCCCCCCCC)C(C)OOP(=O)(OCCC)OC[C@@H]1CC[C@H](n2cnc3c(O)ncnc32)O1. The van der Waals surface area contributed by atoms with Gasteiger partial charge in [0.2, 0.25) is 5.88 Å². The van der Waals surface area contributed by atoms with E-state index in [4.69, 9.17) is 23.3 Å². The van der Waals surface area contributed by atoms with Gasteiger partial charge in [-0.25, -0.2) is 19.4 Å². The van der Waals surface area contributed by atoms with Gasteiger partial charge in [-0.2, -0.15) is 16.7 Å². The molecule has 1 aliphatic heterocycles. The first kappa shape index (κ1) is 43.1. The van der Waals surface area contributed by atoms with Gasteiger partial charge in [0.05, 0.1) is 25.6 Å². The maximum atomic E-state index is 13.7. The molecular weight excluding hydrogens is 675 g/mol. The van der Waals surface area contributed by atoms with Gasteiger partial charge in [0.15, 0.2) is 11.2 Å². The van der Waals surface area contributed by atoms with Crippen LogP contribution < -0.4 is 0 Å². The fourth-order valence-electron chi connectivity index (χ4n) is 6.29. The van der Waals surface area contributed by atoms with Gasteiger partial charge in [-0.1, -0.05) is 124 Å². The molecule has 0 aliphatic carbocycles. The van der Waals surface area contributed by atoms with Gasteiger partial charge in [0.25, 0.3) is 0 Å². The van der Waals surface area contributed by atoms with E-state index in [2.05, 4.69) is 28.8 Å². The van der Waals surface area contributed by atoms with E-state index < -0.39 is 7.82 Å². The van der Waals surface area contributed by atoms with Crippen molar-refractivity contribution in [2.45, 2.75) is 186 Å². The van der Waals surface area contributed by atoms with Gasteiger partial charge in [-0.15, -0.1) is 4.67 Å². The predicted octanol–water partition coefficient (Wildman–Crippen LogP) is 11.3. The molecule has 1 fully saturated rings. The summed E-state index contributed by atoms with van der Waals surface area (Å²) in [5, 5.41) is 10.2. The van der Waals surface area contributed by atoms with Crippen molar-refractivity contribution in [1.29, 1.82) is 0 Å². The minimum atomic E-state index is -4.00. The molecule has 3 rings (SSSR count). The maximum Gasteiger partial charge on any atom is 0.502 e. The molecule has 1 saturated heterocycles. The van der Waals surface area contributed by atoms with E-state index in [0.717, 1.165) is 18.6 Å². The Balaban J connectivity index is 1.46. The number of phosphoric ester groups is 1. The second kappa shape index (κ2) is 25.7. The third kappa shape index (κ3) is 16.2. The second-order valence-corrected chi connectivity index (χ2v) is 16.7. The maximum absolute atomic E-state index is 13.7. The fourth-order valence-corrected chi connectivity index (χ4v) is 8.77. The summed E-state index contributed by atoms with van der Waals surface area (Å²) >= 11 is 1.95. The molecule has 1 N–H and O–H groups in total. The number of rotatable bonds is 31. The number of aromatic hydroxyl groups is 1. The van der Waals surface area contributed by atoms with Gasteiger partial charge in [-0.3, -0.25) is 13.6 Å². The van der Waals surface area contributed by atoms with Crippen LogP contribution in [0.2, 0.25) is 0 Å². The molecule has 2 aromatic rings. The number of ether oxygens (including phenoxy) is 1. The van der Waals surface area contributed by atoms with Gasteiger partial charge in [0.1, 0.15) is 18.7 Å². The number of fused-ring (bicyclic) bond motifs is 1. The lowest BCUT2D eigenvalue weighted by Gasteiger charge is -2.25. The molecule has 2 aromatic heterocycles. The molecule has 0 saturated carbocycles.